The molecule has 3 nitrogen and oxygen atoms in total. The Labute approximate surface area is 111 Å². The molecule has 0 rings (SSSR count). The average Bonchev–Trinajstić information content (AvgIpc) is 2.35. The molecule has 0 atom stereocenters. The third kappa shape index (κ3) is 7.11. The number of carboxylic acids is 1. The van der Waals surface area contributed by atoms with Gasteiger partial charge in [-0.05, 0) is 31.3 Å². The van der Waals surface area contributed by atoms with Crippen molar-refractivity contribution in [3.05, 3.63) is 11.1 Å². The minimum Gasteiger partial charge on any atom is -0.477 e. The lowest BCUT2D eigenvalue weighted by Gasteiger charge is -2.08. The van der Waals surface area contributed by atoms with Crippen LogP contribution in [0.15, 0.2) is 11.1 Å². The summed E-state index contributed by atoms with van der Waals surface area (Å²) in [4.78, 5) is 11.0. The van der Waals surface area contributed by atoms with Crippen molar-refractivity contribution < 1.29 is 9.90 Å². The molecule has 3 heteroatoms. The van der Waals surface area contributed by atoms with Crippen molar-refractivity contribution in [2.75, 3.05) is 0 Å². The fourth-order valence-electron chi connectivity index (χ4n) is 1.99. The van der Waals surface area contributed by atoms with Crippen LogP contribution < -0.4 is 0 Å². The van der Waals surface area contributed by atoms with E-state index in [4.69, 9.17) is 10.4 Å². The molecule has 0 bridgehead atoms. The van der Waals surface area contributed by atoms with Crippen LogP contribution in [0, 0.1) is 11.3 Å². The molecule has 0 aromatic rings. The molecular weight excluding hydrogens is 226 g/mol. The van der Waals surface area contributed by atoms with Gasteiger partial charge in [0, 0.05) is 0 Å². The Morgan fingerprint density at radius 1 is 1.00 bits per heavy atom. The minimum atomic E-state index is -1.07. The summed E-state index contributed by atoms with van der Waals surface area (Å²) in [6, 6.07) is 1.84. The average molecular weight is 251 g/mol. The Morgan fingerprint density at radius 3 is 2.06 bits per heavy atom. The second kappa shape index (κ2) is 10.8. The maximum absolute atomic E-state index is 11.0. The zero-order valence-electron chi connectivity index (χ0n) is 11.7. The first kappa shape index (κ1) is 16.7. The molecule has 0 saturated heterocycles. The monoisotopic (exact) mass is 251 g/mol. The van der Waals surface area contributed by atoms with E-state index in [0.29, 0.717) is 0 Å². The normalized spacial score (nSPS) is 11.8. The van der Waals surface area contributed by atoms with Crippen molar-refractivity contribution >= 4 is 5.97 Å². The van der Waals surface area contributed by atoms with E-state index in [1.54, 1.807) is 0 Å². The van der Waals surface area contributed by atoms with Gasteiger partial charge in [0.25, 0.3) is 0 Å². The number of unbranched alkanes of at least 4 members (excludes halogenated alkanes) is 5. The second-order valence-corrected chi connectivity index (χ2v) is 4.66. The Balaban J connectivity index is 4.40. The van der Waals surface area contributed by atoms with E-state index in [1.165, 1.54) is 19.3 Å². The Morgan fingerprint density at radius 2 is 1.56 bits per heavy atom. The molecule has 18 heavy (non-hydrogen) atoms. The highest BCUT2D eigenvalue weighted by atomic mass is 16.4. The lowest BCUT2D eigenvalue weighted by atomic mass is 9.96. The van der Waals surface area contributed by atoms with Gasteiger partial charge in [0.05, 0.1) is 0 Å². The molecule has 0 aliphatic carbocycles. The minimum absolute atomic E-state index is 0.0288. The van der Waals surface area contributed by atoms with Gasteiger partial charge >= 0.3 is 5.97 Å². The standard InChI is InChI=1S/C15H25NO2/c1-3-5-7-8-9-11-13(10-6-4-2)14(12-16)15(17)18/h3-11H2,1-2H3,(H,17,18). The molecule has 0 radical (unpaired) electrons. The summed E-state index contributed by atoms with van der Waals surface area (Å²) < 4.78 is 0. The van der Waals surface area contributed by atoms with Gasteiger partial charge in [-0.3, -0.25) is 0 Å². The predicted octanol–water partition coefficient (Wildman–Crippen LogP) is 4.44. The van der Waals surface area contributed by atoms with Gasteiger partial charge in [0.2, 0.25) is 0 Å². The van der Waals surface area contributed by atoms with Crippen LogP contribution in [0.25, 0.3) is 0 Å². The van der Waals surface area contributed by atoms with Crippen molar-refractivity contribution in [3.8, 4) is 6.07 Å². The summed E-state index contributed by atoms with van der Waals surface area (Å²) in [7, 11) is 0. The first-order valence-corrected chi connectivity index (χ1v) is 7.02. The Bertz CT molecular complexity index is 313. The zero-order valence-corrected chi connectivity index (χ0v) is 11.7. The molecule has 0 amide bonds. The van der Waals surface area contributed by atoms with E-state index in [2.05, 4.69) is 13.8 Å². The molecule has 0 aromatic heterocycles. The van der Waals surface area contributed by atoms with Crippen molar-refractivity contribution in [1.82, 2.24) is 0 Å². The van der Waals surface area contributed by atoms with Crippen LogP contribution in [-0.4, -0.2) is 11.1 Å². The van der Waals surface area contributed by atoms with Gasteiger partial charge in [-0.25, -0.2) is 4.79 Å². The Hall–Kier alpha value is -1.30. The number of rotatable bonds is 10. The number of nitrogens with zero attached hydrogens (tertiary/aromatic N) is 1. The fourth-order valence-corrected chi connectivity index (χ4v) is 1.99. The van der Waals surface area contributed by atoms with Crippen LogP contribution in [0.2, 0.25) is 0 Å². The third-order valence-corrected chi connectivity index (χ3v) is 3.09. The van der Waals surface area contributed by atoms with E-state index >= 15 is 0 Å². The Kier molecular flexibility index (Phi) is 10.0. The first-order valence-electron chi connectivity index (χ1n) is 7.02. The van der Waals surface area contributed by atoms with Crippen LogP contribution in [-0.2, 0) is 4.79 Å². The van der Waals surface area contributed by atoms with Gasteiger partial charge in [-0.2, -0.15) is 5.26 Å². The fraction of sp³-hybridized carbons (Fsp3) is 0.733. The van der Waals surface area contributed by atoms with Gasteiger partial charge in [-0.1, -0.05) is 46.0 Å². The highest BCUT2D eigenvalue weighted by Gasteiger charge is 2.13. The van der Waals surface area contributed by atoms with Crippen molar-refractivity contribution in [2.24, 2.45) is 0 Å². The number of aliphatic carboxylic acids is 1. The molecule has 0 saturated carbocycles. The molecule has 0 spiro atoms. The van der Waals surface area contributed by atoms with E-state index in [-0.39, 0.29) is 5.57 Å². The second-order valence-electron chi connectivity index (χ2n) is 4.66. The van der Waals surface area contributed by atoms with Crippen molar-refractivity contribution in [2.45, 2.75) is 71.6 Å². The highest BCUT2D eigenvalue weighted by Crippen LogP contribution is 2.20. The predicted molar refractivity (Wildman–Crippen MR) is 73.2 cm³/mol. The maximum Gasteiger partial charge on any atom is 0.346 e. The SMILES string of the molecule is CCCCCCCC(CCCC)=C(C#N)C(=O)O. The van der Waals surface area contributed by atoms with E-state index < -0.39 is 5.97 Å². The first-order chi connectivity index (χ1) is 8.67. The topological polar surface area (TPSA) is 61.1 Å². The third-order valence-electron chi connectivity index (χ3n) is 3.09. The van der Waals surface area contributed by atoms with Crippen molar-refractivity contribution in [1.29, 1.82) is 5.26 Å². The lowest BCUT2D eigenvalue weighted by Crippen LogP contribution is -2.03. The summed E-state index contributed by atoms with van der Waals surface area (Å²) in [5, 5.41) is 17.9. The lowest BCUT2D eigenvalue weighted by molar-refractivity contribution is -0.132. The molecule has 1 N–H and O–H groups in total. The summed E-state index contributed by atoms with van der Waals surface area (Å²) >= 11 is 0. The number of allylic oxidation sites excluding steroid dienone is 1. The molecule has 102 valence electrons. The van der Waals surface area contributed by atoms with Gasteiger partial charge < -0.3 is 5.11 Å². The molecule has 0 heterocycles. The summed E-state index contributed by atoms with van der Waals surface area (Å²) in [6.07, 6.45) is 9.26. The van der Waals surface area contributed by atoms with E-state index in [9.17, 15) is 4.79 Å². The van der Waals surface area contributed by atoms with Crippen molar-refractivity contribution in [3.63, 3.8) is 0 Å². The number of nitriles is 1. The molecule has 0 fully saturated rings. The number of carboxylic acid groups (broad SMARTS) is 1. The quantitative estimate of drug-likeness (QED) is 0.354. The molecule has 0 aliphatic rings. The van der Waals surface area contributed by atoms with Gasteiger partial charge in [0.15, 0.2) is 0 Å². The van der Waals surface area contributed by atoms with E-state index in [0.717, 1.165) is 44.1 Å². The smallest absolute Gasteiger partial charge is 0.346 e. The summed E-state index contributed by atoms with van der Waals surface area (Å²) in [5.74, 6) is -1.07. The van der Waals surface area contributed by atoms with E-state index in [1.807, 2.05) is 6.07 Å². The zero-order chi connectivity index (χ0) is 13.8. The summed E-state index contributed by atoms with van der Waals surface area (Å²) in [6.45, 7) is 4.25. The maximum atomic E-state index is 11.0. The molecular formula is C15H25NO2. The van der Waals surface area contributed by atoms with Crippen LogP contribution >= 0.6 is 0 Å². The number of carbonyl (C=O) groups is 1. The number of hydrogen-bond acceptors (Lipinski definition) is 2. The highest BCUT2D eigenvalue weighted by molar-refractivity contribution is 5.92. The molecule has 0 aromatic carbocycles. The van der Waals surface area contributed by atoms with Gasteiger partial charge in [-0.15, -0.1) is 0 Å². The van der Waals surface area contributed by atoms with Gasteiger partial charge in [0.1, 0.15) is 11.6 Å². The number of hydrogen-bond donors (Lipinski definition) is 1. The van der Waals surface area contributed by atoms with Crippen LogP contribution in [0.1, 0.15) is 71.6 Å². The summed E-state index contributed by atoms with van der Waals surface area (Å²) in [5.41, 5.74) is 0.808. The van der Waals surface area contributed by atoms with Crippen LogP contribution in [0.5, 0.6) is 0 Å². The molecule has 0 aliphatic heterocycles. The largest absolute Gasteiger partial charge is 0.477 e. The van der Waals surface area contributed by atoms with Crippen LogP contribution in [0.4, 0.5) is 0 Å². The van der Waals surface area contributed by atoms with Crippen LogP contribution in [0.3, 0.4) is 0 Å². The molecule has 0 unspecified atom stereocenters.